The molecule has 240 valence electrons. The number of nitrogens with one attached hydrogen (secondary N) is 2. The standard InChI is InChI=1S/C33H38F2N4O5S/c1-5-13-39(14-6-2)33(42)26-16-23(7-3)15-25(20-26)32(41)36-30(19-24-17-27(34)21-28(35)18-24)31(40)22-38(4)37-45(43,44)29-11-9-8-10-12-29/h3,8-12,15-18,20-21,30-31,37,40H,5-6,13-14,19,22H2,1-2,4H3,(H,36,41). The number of carbonyl (C=O) groups excluding carboxylic acids is 2. The van der Waals surface area contributed by atoms with E-state index in [0.29, 0.717) is 24.7 Å². The smallest absolute Gasteiger partial charge is 0.253 e. The lowest BCUT2D eigenvalue weighted by atomic mass is 9.99. The highest BCUT2D eigenvalue weighted by Gasteiger charge is 2.27. The van der Waals surface area contributed by atoms with Crippen LogP contribution in [0.15, 0.2) is 71.6 Å². The number of carbonyl (C=O) groups is 2. The predicted octanol–water partition coefficient (Wildman–Crippen LogP) is 3.74. The van der Waals surface area contributed by atoms with Gasteiger partial charge in [-0.1, -0.05) is 38.0 Å². The number of nitrogens with zero attached hydrogens (tertiary/aromatic N) is 2. The number of hydrazine groups is 1. The third kappa shape index (κ3) is 10.2. The van der Waals surface area contributed by atoms with Gasteiger partial charge in [0.1, 0.15) is 11.6 Å². The molecule has 2 atom stereocenters. The zero-order chi connectivity index (χ0) is 33.1. The number of rotatable bonds is 15. The van der Waals surface area contributed by atoms with Crippen molar-refractivity contribution >= 4 is 21.8 Å². The third-order valence-electron chi connectivity index (χ3n) is 6.83. The summed E-state index contributed by atoms with van der Waals surface area (Å²) in [5.41, 5.74) is 0.699. The summed E-state index contributed by atoms with van der Waals surface area (Å²) < 4.78 is 53.6. The Morgan fingerprint density at radius 3 is 2.13 bits per heavy atom. The van der Waals surface area contributed by atoms with E-state index in [1.165, 1.54) is 37.4 Å². The van der Waals surface area contributed by atoms with E-state index in [1.54, 1.807) is 23.1 Å². The van der Waals surface area contributed by atoms with E-state index in [4.69, 9.17) is 6.42 Å². The Hall–Kier alpha value is -4.15. The molecule has 0 saturated heterocycles. The van der Waals surface area contributed by atoms with E-state index in [0.717, 1.165) is 30.0 Å². The summed E-state index contributed by atoms with van der Waals surface area (Å²) in [6.07, 6.45) is 5.48. The Kier molecular flexibility index (Phi) is 12.8. The summed E-state index contributed by atoms with van der Waals surface area (Å²) in [6, 6.07) is 13.6. The fourth-order valence-corrected chi connectivity index (χ4v) is 5.93. The number of likely N-dealkylation sites (N-methyl/N-ethyl adjacent to an activating group) is 1. The SMILES string of the molecule is C#Cc1cc(C(=O)NC(Cc2cc(F)cc(F)c2)C(O)CN(C)NS(=O)(=O)c2ccccc2)cc(C(=O)N(CCC)CCC)c1. The van der Waals surface area contributed by atoms with Gasteiger partial charge < -0.3 is 15.3 Å². The number of aliphatic hydroxyl groups excluding tert-OH is 1. The second-order valence-corrected chi connectivity index (χ2v) is 12.3. The van der Waals surface area contributed by atoms with Crippen molar-refractivity contribution in [3.05, 3.63) is 101 Å². The molecule has 0 bridgehead atoms. The molecule has 0 spiro atoms. The summed E-state index contributed by atoms with van der Waals surface area (Å²) in [6.45, 7) is 4.63. The summed E-state index contributed by atoms with van der Waals surface area (Å²) >= 11 is 0. The highest BCUT2D eigenvalue weighted by atomic mass is 32.2. The minimum Gasteiger partial charge on any atom is -0.390 e. The van der Waals surface area contributed by atoms with Crippen molar-refractivity contribution in [1.29, 1.82) is 0 Å². The van der Waals surface area contributed by atoms with Gasteiger partial charge in [0.25, 0.3) is 21.8 Å². The van der Waals surface area contributed by atoms with Crippen LogP contribution in [0.3, 0.4) is 0 Å². The molecule has 0 saturated carbocycles. The monoisotopic (exact) mass is 640 g/mol. The van der Waals surface area contributed by atoms with E-state index in [1.807, 2.05) is 13.8 Å². The molecular weight excluding hydrogens is 602 g/mol. The zero-order valence-corrected chi connectivity index (χ0v) is 26.3. The maximum Gasteiger partial charge on any atom is 0.253 e. The van der Waals surface area contributed by atoms with Gasteiger partial charge in [0, 0.05) is 49.4 Å². The molecule has 0 fully saturated rings. The van der Waals surface area contributed by atoms with Crippen molar-refractivity contribution < 1.29 is 31.9 Å². The van der Waals surface area contributed by atoms with Crippen LogP contribution in [-0.2, 0) is 16.4 Å². The van der Waals surface area contributed by atoms with Crippen molar-refractivity contribution in [3.8, 4) is 12.3 Å². The molecule has 0 heterocycles. The first-order chi connectivity index (χ1) is 21.4. The topological polar surface area (TPSA) is 119 Å². The van der Waals surface area contributed by atoms with Crippen molar-refractivity contribution in [2.45, 2.75) is 50.2 Å². The molecule has 0 aliphatic rings. The van der Waals surface area contributed by atoms with Crippen molar-refractivity contribution in [2.24, 2.45) is 0 Å². The van der Waals surface area contributed by atoms with E-state index in [2.05, 4.69) is 16.1 Å². The molecule has 9 nitrogen and oxygen atoms in total. The van der Waals surface area contributed by atoms with Crippen LogP contribution in [0.2, 0.25) is 0 Å². The van der Waals surface area contributed by atoms with Crippen LogP contribution in [0, 0.1) is 24.0 Å². The van der Waals surface area contributed by atoms with Gasteiger partial charge in [-0.2, -0.15) is 0 Å². The molecule has 3 aromatic carbocycles. The second-order valence-electron chi connectivity index (χ2n) is 10.7. The van der Waals surface area contributed by atoms with E-state index >= 15 is 0 Å². The lowest BCUT2D eigenvalue weighted by Crippen LogP contribution is -2.52. The first kappa shape index (κ1) is 35.3. The van der Waals surface area contributed by atoms with Gasteiger partial charge in [-0.05, 0) is 67.3 Å². The number of benzene rings is 3. The number of amides is 2. The molecule has 2 amide bonds. The highest BCUT2D eigenvalue weighted by molar-refractivity contribution is 7.89. The first-order valence-electron chi connectivity index (χ1n) is 14.5. The van der Waals surface area contributed by atoms with Gasteiger partial charge in [-0.3, -0.25) is 9.59 Å². The Morgan fingerprint density at radius 1 is 0.956 bits per heavy atom. The Bertz CT molecular complexity index is 1600. The van der Waals surface area contributed by atoms with Gasteiger partial charge in [0.05, 0.1) is 17.0 Å². The molecule has 2 unspecified atom stereocenters. The number of terminal acetylenes is 1. The number of hydrogen-bond donors (Lipinski definition) is 3. The maximum atomic E-state index is 14.0. The van der Waals surface area contributed by atoms with Crippen LogP contribution >= 0.6 is 0 Å². The van der Waals surface area contributed by atoms with Crippen LogP contribution in [0.5, 0.6) is 0 Å². The Morgan fingerprint density at radius 2 is 1.56 bits per heavy atom. The molecule has 3 rings (SSSR count). The number of halogens is 2. The second kappa shape index (κ2) is 16.2. The van der Waals surface area contributed by atoms with Crippen LogP contribution in [0.4, 0.5) is 8.78 Å². The Balaban J connectivity index is 1.89. The van der Waals surface area contributed by atoms with Gasteiger partial charge in [0.2, 0.25) is 0 Å². The van der Waals surface area contributed by atoms with Gasteiger partial charge in [0.15, 0.2) is 0 Å². The van der Waals surface area contributed by atoms with E-state index in [-0.39, 0.29) is 40.5 Å². The first-order valence-corrected chi connectivity index (χ1v) is 16.0. The number of hydrogen-bond acceptors (Lipinski definition) is 6. The van der Waals surface area contributed by atoms with Crippen molar-refractivity contribution in [2.75, 3.05) is 26.7 Å². The average Bonchev–Trinajstić information content (AvgIpc) is 2.99. The van der Waals surface area contributed by atoms with Crippen molar-refractivity contribution in [3.63, 3.8) is 0 Å². The molecule has 3 aromatic rings. The van der Waals surface area contributed by atoms with Crippen LogP contribution in [0.1, 0.15) is 58.5 Å². The average molecular weight is 641 g/mol. The van der Waals surface area contributed by atoms with Gasteiger partial charge in [-0.25, -0.2) is 22.2 Å². The molecule has 12 heteroatoms. The van der Waals surface area contributed by atoms with Gasteiger partial charge >= 0.3 is 0 Å². The predicted molar refractivity (Wildman–Crippen MR) is 168 cm³/mol. The Labute approximate surface area is 263 Å². The summed E-state index contributed by atoms with van der Waals surface area (Å²) in [5, 5.41) is 15.0. The minimum atomic E-state index is -3.98. The van der Waals surface area contributed by atoms with E-state index < -0.39 is 39.7 Å². The molecular formula is C33H38F2N4O5S. The number of sulfonamides is 1. The van der Waals surface area contributed by atoms with Crippen LogP contribution in [-0.4, -0.2) is 74.1 Å². The quantitative estimate of drug-likeness (QED) is 0.172. The summed E-state index contributed by atoms with van der Waals surface area (Å²) in [7, 11) is -2.59. The lowest BCUT2D eigenvalue weighted by Gasteiger charge is -2.28. The number of aliphatic hydroxyl groups is 1. The van der Waals surface area contributed by atoms with Crippen LogP contribution < -0.4 is 10.1 Å². The molecule has 0 aromatic heterocycles. The zero-order valence-electron chi connectivity index (χ0n) is 25.5. The molecule has 0 radical (unpaired) electrons. The molecule has 0 aliphatic carbocycles. The molecule has 45 heavy (non-hydrogen) atoms. The van der Waals surface area contributed by atoms with Crippen molar-refractivity contribution in [1.82, 2.24) is 20.1 Å². The minimum absolute atomic E-state index is 0.00149. The molecule has 0 aliphatic heterocycles. The normalized spacial score (nSPS) is 12.8. The lowest BCUT2D eigenvalue weighted by molar-refractivity contribution is 0.0687. The maximum absolute atomic E-state index is 14.0. The molecule has 3 N–H and O–H groups in total. The fourth-order valence-electron chi connectivity index (χ4n) is 4.82. The van der Waals surface area contributed by atoms with Gasteiger partial charge in [-0.15, -0.1) is 11.3 Å². The highest BCUT2D eigenvalue weighted by Crippen LogP contribution is 2.17. The summed E-state index contributed by atoms with van der Waals surface area (Å²) in [5.74, 6) is -0.218. The largest absolute Gasteiger partial charge is 0.390 e. The third-order valence-corrected chi connectivity index (χ3v) is 8.28. The van der Waals surface area contributed by atoms with E-state index in [9.17, 15) is 31.9 Å². The summed E-state index contributed by atoms with van der Waals surface area (Å²) in [4.78, 5) is 30.9. The van der Waals surface area contributed by atoms with Crippen LogP contribution in [0.25, 0.3) is 0 Å². The fraction of sp³-hybridized carbons (Fsp3) is 0.333.